The fourth-order valence-corrected chi connectivity index (χ4v) is 2.12. The first-order valence-electron chi connectivity index (χ1n) is 5.56. The lowest BCUT2D eigenvalue weighted by Crippen LogP contribution is -2.57. The van der Waals surface area contributed by atoms with Gasteiger partial charge < -0.3 is 10.1 Å². The fourth-order valence-electron chi connectivity index (χ4n) is 2.07. The SMILES string of the molecule is COC(=O)C1(NC(=O)C(C)Cl)CCCCC1. The molecule has 1 atom stereocenters. The van der Waals surface area contributed by atoms with Crippen LogP contribution in [0.25, 0.3) is 0 Å². The highest BCUT2D eigenvalue weighted by Crippen LogP contribution is 2.29. The summed E-state index contributed by atoms with van der Waals surface area (Å²) in [5, 5.41) is 2.10. The molecule has 1 rings (SSSR count). The standard InChI is InChI=1S/C11H18ClNO3/c1-8(12)9(14)13-11(10(15)16-2)6-4-3-5-7-11/h8H,3-7H2,1-2H3,(H,13,14). The van der Waals surface area contributed by atoms with Crippen LogP contribution in [0.2, 0.25) is 0 Å². The molecule has 1 aliphatic rings. The van der Waals surface area contributed by atoms with Crippen LogP contribution in [0, 0.1) is 0 Å². The highest BCUT2D eigenvalue weighted by atomic mass is 35.5. The predicted octanol–water partition coefficient (Wildman–Crippen LogP) is 1.61. The Balaban J connectivity index is 2.78. The molecule has 0 aliphatic heterocycles. The predicted molar refractivity (Wildman–Crippen MR) is 61.3 cm³/mol. The highest BCUT2D eigenvalue weighted by molar-refractivity contribution is 6.30. The normalized spacial score (nSPS) is 20.9. The van der Waals surface area contributed by atoms with Crippen molar-refractivity contribution in [1.29, 1.82) is 0 Å². The van der Waals surface area contributed by atoms with Crippen LogP contribution in [0.3, 0.4) is 0 Å². The van der Waals surface area contributed by atoms with E-state index in [1.807, 2.05) is 0 Å². The number of methoxy groups -OCH3 is 1. The molecule has 92 valence electrons. The molecule has 4 nitrogen and oxygen atoms in total. The van der Waals surface area contributed by atoms with Crippen LogP contribution in [0.1, 0.15) is 39.0 Å². The van der Waals surface area contributed by atoms with Crippen LogP contribution in [0.5, 0.6) is 0 Å². The molecule has 1 unspecified atom stereocenters. The number of carbonyl (C=O) groups is 2. The van der Waals surface area contributed by atoms with Gasteiger partial charge in [0, 0.05) is 0 Å². The van der Waals surface area contributed by atoms with Crippen LogP contribution >= 0.6 is 11.6 Å². The first kappa shape index (κ1) is 13.3. The topological polar surface area (TPSA) is 55.4 Å². The Morgan fingerprint density at radius 1 is 1.31 bits per heavy atom. The van der Waals surface area contributed by atoms with Gasteiger partial charge in [0.2, 0.25) is 5.91 Å². The second kappa shape index (κ2) is 5.53. The van der Waals surface area contributed by atoms with Gasteiger partial charge in [-0.15, -0.1) is 11.6 Å². The van der Waals surface area contributed by atoms with E-state index in [-0.39, 0.29) is 11.9 Å². The number of hydrogen-bond acceptors (Lipinski definition) is 3. The molecule has 0 radical (unpaired) electrons. The van der Waals surface area contributed by atoms with Crippen LogP contribution in [0.15, 0.2) is 0 Å². The quantitative estimate of drug-likeness (QED) is 0.609. The van der Waals surface area contributed by atoms with Crippen LogP contribution in [-0.4, -0.2) is 29.9 Å². The maximum absolute atomic E-state index is 11.8. The van der Waals surface area contributed by atoms with E-state index in [0.717, 1.165) is 19.3 Å². The molecular weight excluding hydrogens is 230 g/mol. The number of ether oxygens (including phenoxy) is 1. The number of hydrogen-bond donors (Lipinski definition) is 1. The van der Waals surface area contributed by atoms with Crippen molar-refractivity contribution >= 4 is 23.5 Å². The summed E-state index contributed by atoms with van der Waals surface area (Å²) in [4.78, 5) is 23.4. The number of carbonyl (C=O) groups excluding carboxylic acids is 2. The van der Waals surface area contributed by atoms with Gasteiger partial charge in [0.1, 0.15) is 10.9 Å². The molecule has 0 spiro atoms. The van der Waals surface area contributed by atoms with E-state index in [0.29, 0.717) is 12.8 Å². The van der Waals surface area contributed by atoms with Crippen molar-refractivity contribution < 1.29 is 14.3 Å². The summed E-state index contributed by atoms with van der Waals surface area (Å²) in [6, 6.07) is 0. The monoisotopic (exact) mass is 247 g/mol. The van der Waals surface area contributed by atoms with Crippen molar-refractivity contribution in [3.8, 4) is 0 Å². The van der Waals surface area contributed by atoms with Gasteiger partial charge in [-0.3, -0.25) is 4.79 Å². The number of esters is 1. The Hall–Kier alpha value is -0.770. The summed E-state index contributed by atoms with van der Waals surface area (Å²) in [6.07, 6.45) is 4.20. The van der Waals surface area contributed by atoms with Gasteiger partial charge in [0.05, 0.1) is 7.11 Å². The lowest BCUT2D eigenvalue weighted by Gasteiger charge is -2.35. The summed E-state index contributed by atoms with van der Waals surface area (Å²) in [5.74, 6) is -0.674. The third-order valence-corrected chi connectivity index (χ3v) is 3.21. The second-order valence-electron chi connectivity index (χ2n) is 4.24. The summed E-state index contributed by atoms with van der Waals surface area (Å²) >= 11 is 5.69. The minimum Gasteiger partial charge on any atom is -0.467 e. The van der Waals surface area contributed by atoms with Crippen molar-refractivity contribution in [2.45, 2.75) is 49.9 Å². The molecule has 1 fully saturated rings. The first-order valence-corrected chi connectivity index (χ1v) is 6.00. The first-order chi connectivity index (χ1) is 7.52. The maximum atomic E-state index is 11.8. The van der Waals surface area contributed by atoms with Crippen molar-refractivity contribution in [2.24, 2.45) is 0 Å². The Labute approximate surface area is 101 Å². The average Bonchev–Trinajstić information content (AvgIpc) is 2.29. The van der Waals surface area contributed by atoms with E-state index in [2.05, 4.69) is 5.32 Å². The number of halogens is 1. The van der Waals surface area contributed by atoms with E-state index >= 15 is 0 Å². The summed E-state index contributed by atoms with van der Waals surface area (Å²) in [6.45, 7) is 1.59. The van der Waals surface area contributed by atoms with Crippen LogP contribution < -0.4 is 5.32 Å². The lowest BCUT2D eigenvalue weighted by molar-refractivity contribution is -0.152. The van der Waals surface area contributed by atoms with Gasteiger partial charge in [0.25, 0.3) is 0 Å². The molecule has 0 aromatic rings. The van der Waals surface area contributed by atoms with Gasteiger partial charge >= 0.3 is 5.97 Å². The number of rotatable bonds is 3. The van der Waals surface area contributed by atoms with E-state index in [4.69, 9.17) is 16.3 Å². The van der Waals surface area contributed by atoms with Crippen molar-refractivity contribution in [1.82, 2.24) is 5.32 Å². The zero-order valence-corrected chi connectivity index (χ0v) is 10.5. The summed E-state index contributed by atoms with van der Waals surface area (Å²) in [7, 11) is 1.34. The minimum atomic E-state index is -0.854. The number of alkyl halides is 1. The Morgan fingerprint density at radius 2 is 1.88 bits per heavy atom. The smallest absolute Gasteiger partial charge is 0.331 e. The number of amides is 1. The summed E-state index contributed by atoms with van der Waals surface area (Å²) < 4.78 is 4.78. The van der Waals surface area contributed by atoms with E-state index in [1.165, 1.54) is 7.11 Å². The van der Waals surface area contributed by atoms with Gasteiger partial charge in [0.15, 0.2) is 0 Å². The van der Waals surface area contributed by atoms with E-state index < -0.39 is 10.9 Å². The van der Waals surface area contributed by atoms with Gasteiger partial charge in [-0.2, -0.15) is 0 Å². The molecule has 5 heteroatoms. The molecule has 1 amide bonds. The minimum absolute atomic E-state index is 0.311. The fraction of sp³-hybridized carbons (Fsp3) is 0.818. The third-order valence-electron chi connectivity index (χ3n) is 3.01. The van der Waals surface area contributed by atoms with Crippen LogP contribution in [0.4, 0.5) is 0 Å². The molecular formula is C11H18ClNO3. The molecule has 1 aliphatic carbocycles. The summed E-state index contributed by atoms with van der Waals surface area (Å²) in [5.41, 5.74) is -0.854. The highest BCUT2D eigenvalue weighted by Gasteiger charge is 2.42. The van der Waals surface area contributed by atoms with Crippen molar-refractivity contribution in [3.63, 3.8) is 0 Å². The zero-order chi connectivity index (χ0) is 12.2. The van der Waals surface area contributed by atoms with Gasteiger partial charge in [-0.05, 0) is 19.8 Å². The van der Waals surface area contributed by atoms with Crippen molar-refractivity contribution in [3.05, 3.63) is 0 Å². The lowest BCUT2D eigenvalue weighted by atomic mass is 9.81. The Morgan fingerprint density at radius 3 is 2.31 bits per heavy atom. The van der Waals surface area contributed by atoms with E-state index in [1.54, 1.807) is 6.92 Å². The third kappa shape index (κ3) is 2.88. The zero-order valence-electron chi connectivity index (χ0n) is 9.72. The molecule has 0 heterocycles. The molecule has 1 saturated carbocycles. The molecule has 0 aromatic carbocycles. The Kier molecular flexibility index (Phi) is 4.59. The van der Waals surface area contributed by atoms with E-state index in [9.17, 15) is 9.59 Å². The molecule has 0 saturated heterocycles. The number of nitrogens with one attached hydrogen (secondary N) is 1. The Bertz CT molecular complexity index is 272. The molecule has 0 bridgehead atoms. The molecule has 0 aromatic heterocycles. The molecule has 16 heavy (non-hydrogen) atoms. The largest absolute Gasteiger partial charge is 0.467 e. The van der Waals surface area contributed by atoms with Crippen LogP contribution in [-0.2, 0) is 14.3 Å². The molecule has 1 N–H and O–H groups in total. The van der Waals surface area contributed by atoms with Crippen molar-refractivity contribution in [2.75, 3.05) is 7.11 Å². The maximum Gasteiger partial charge on any atom is 0.331 e. The average molecular weight is 248 g/mol. The second-order valence-corrected chi connectivity index (χ2v) is 4.89. The van der Waals surface area contributed by atoms with Gasteiger partial charge in [-0.1, -0.05) is 19.3 Å². The van der Waals surface area contributed by atoms with Gasteiger partial charge in [-0.25, -0.2) is 4.79 Å².